The molecule has 0 unspecified atom stereocenters. The van der Waals surface area contributed by atoms with Crippen LogP contribution in [0.3, 0.4) is 0 Å². The van der Waals surface area contributed by atoms with Crippen LogP contribution < -0.4 is 0 Å². The van der Waals surface area contributed by atoms with Gasteiger partial charge in [0.15, 0.2) is 0 Å². The summed E-state index contributed by atoms with van der Waals surface area (Å²) in [5.41, 5.74) is 2.62. The first-order valence-corrected chi connectivity index (χ1v) is 6.43. The van der Waals surface area contributed by atoms with E-state index in [0.29, 0.717) is 12.8 Å². The SMILES string of the molecule is CC(C)n1nccc1C1(O)Cc2ccccc2C1. The number of nitrogens with zero attached hydrogens (tertiary/aromatic N) is 2. The van der Waals surface area contributed by atoms with Gasteiger partial charge >= 0.3 is 0 Å². The maximum absolute atomic E-state index is 10.9. The highest BCUT2D eigenvalue weighted by atomic mass is 16.3. The summed E-state index contributed by atoms with van der Waals surface area (Å²) < 4.78 is 1.92. The summed E-state index contributed by atoms with van der Waals surface area (Å²) in [6, 6.07) is 10.5. The third-order valence-corrected chi connectivity index (χ3v) is 3.72. The van der Waals surface area contributed by atoms with Gasteiger partial charge in [-0.15, -0.1) is 0 Å². The molecule has 1 N–H and O–H groups in total. The van der Waals surface area contributed by atoms with Crippen molar-refractivity contribution in [3.63, 3.8) is 0 Å². The standard InChI is InChI=1S/C15H18N2O/c1-11(2)17-14(7-8-16-17)15(18)9-12-5-3-4-6-13(12)10-15/h3-8,11,18H,9-10H2,1-2H3. The number of aliphatic hydroxyl groups is 1. The smallest absolute Gasteiger partial charge is 0.114 e. The molecule has 2 aromatic rings. The summed E-state index contributed by atoms with van der Waals surface area (Å²) >= 11 is 0. The molecular formula is C15H18N2O. The van der Waals surface area contributed by atoms with Gasteiger partial charge in [-0.05, 0) is 31.0 Å². The average molecular weight is 242 g/mol. The molecule has 1 aromatic carbocycles. The van der Waals surface area contributed by atoms with E-state index in [0.717, 1.165) is 5.69 Å². The predicted molar refractivity (Wildman–Crippen MR) is 70.4 cm³/mol. The van der Waals surface area contributed by atoms with Gasteiger partial charge in [-0.2, -0.15) is 5.10 Å². The van der Waals surface area contributed by atoms with Crippen LogP contribution in [-0.4, -0.2) is 14.9 Å². The Labute approximate surface area is 107 Å². The third-order valence-electron chi connectivity index (χ3n) is 3.72. The molecule has 0 spiro atoms. The second kappa shape index (κ2) is 3.95. The van der Waals surface area contributed by atoms with Crippen molar-refractivity contribution in [1.29, 1.82) is 0 Å². The van der Waals surface area contributed by atoms with Gasteiger partial charge in [-0.25, -0.2) is 0 Å². The number of hydrogen-bond acceptors (Lipinski definition) is 2. The lowest BCUT2D eigenvalue weighted by molar-refractivity contribution is 0.0374. The molecule has 0 aliphatic heterocycles. The molecule has 0 atom stereocenters. The minimum atomic E-state index is -0.801. The highest BCUT2D eigenvalue weighted by Crippen LogP contribution is 2.38. The zero-order valence-corrected chi connectivity index (χ0v) is 10.8. The molecule has 0 saturated carbocycles. The number of aromatic nitrogens is 2. The van der Waals surface area contributed by atoms with Crippen molar-refractivity contribution in [3.8, 4) is 0 Å². The summed E-state index contributed by atoms with van der Waals surface area (Å²) in [6.07, 6.45) is 3.14. The van der Waals surface area contributed by atoms with Gasteiger partial charge in [0.2, 0.25) is 0 Å². The first kappa shape index (κ1) is 11.5. The largest absolute Gasteiger partial charge is 0.383 e. The number of rotatable bonds is 2. The number of hydrogen-bond donors (Lipinski definition) is 1. The van der Waals surface area contributed by atoms with Crippen LogP contribution in [0.1, 0.15) is 36.7 Å². The normalized spacial score (nSPS) is 17.1. The van der Waals surface area contributed by atoms with Crippen molar-refractivity contribution >= 4 is 0 Å². The van der Waals surface area contributed by atoms with Crippen LogP contribution in [0.4, 0.5) is 0 Å². The molecule has 0 fully saturated rings. The molecule has 0 amide bonds. The van der Waals surface area contributed by atoms with Crippen molar-refractivity contribution in [3.05, 3.63) is 53.3 Å². The molecule has 1 heterocycles. The Kier molecular flexibility index (Phi) is 2.52. The topological polar surface area (TPSA) is 38.0 Å². The summed E-state index contributed by atoms with van der Waals surface area (Å²) in [5, 5.41) is 15.3. The van der Waals surface area contributed by atoms with E-state index >= 15 is 0 Å². The Morgan fingerprint density at radius 3 is 2.33 bits per heavy atom. The fraction of sp³-hybridized carbons (Fsp3) is 0.400. The Morgan fingerprint density at radius 1 is 1.17 bits per heavy atom. The number of benzene rings is 1. The summed E-state index contributed by atoms with van der Waals surface area (Å²) in [6.45, 7) is 4.17. The molecule has 1 aliphatic rings. The molecule has 0 radical (unpaired) electrons. The van der Waals surface area contributed by atoms with Crippen LogP contribution in [0.25, 0.3) is 0 Å². The number of fused-ring (bicyclic) bond motifs is 1. The van der Waals surface area contributed by atoms with E-state index in [1.807, 2.05) is 22.9 Å². The van der Waals surface area contributed by atoms with E-state index in [9.17, 15) is 5.11 Å². The molecule has 3 heteroatoms. The molecule has 3 rings (SSSR count). The quantitative estimate of drug-likeness (QED) is 0.878. The van der Waals surface area contributed by atoms with Crippen LogP contribution in [0, 0.1) is 0 Å². The van der Waals surface area contributed by atoms with Crippen molar-refractivity contribution < 1.29 is 5.11 Å². The van der Waals surface area contributed by atoms with Gasteiger partial charge in [0, 0.05) is 25.1 Å². The second-order valence-electron chi connectivity index (χ2n) is 5.41. The van der Waals surface area contributed by atoms with Gasteiger partial charge in [0.1, 0.15) is 5.60 Å². The zero-order chi connectivity index (χ0) is 12.8. The molecule has 1 aromatic heterocycles. The zero-order valence-electron chi connectivity index (χ0n) is 10.8. The van der Waals surface area contributed by atoms with Crippen LogP contribution in [-0.2, 0) is 18.4 Å². The van der Waals surface area contributed by atoms with Crippen molar-refractivity contribution in [1.82, 2.24) is 9.78 Å². The van der Waals surface area contributed by atoms with Gasteiger partial charge < -0.3 is 5.11 Å². The lowest BCUT2D eigenvalue weighted by atomic mass is 9.96. The first-order valence-electron chi connectivity index (χ1n) is 6.43. The van der Waals surface area contributed by atoms with E-state index in [1.165, 1.54) is 11.1 Å². The molecule has 94 valence electrons. The van der Waals surface area contributed by atoms with E-state index in [4.69, 9.17) is 0 Å². The minimum Gasteiger partial charge on any atom is -0.383 e. The Bertz CT molecular complexity index is 546. The predicted octanol–water partition coefficient (Wildman–Crippen LogP) is 2.45. The van der Waals surface area contributed by atoms with Crippen LogP contribution in [0.5, 0.6) is 0 Å². The Balaban J connectivity index is 2.01. The lowest BCUT2D eigenvalue weighted by Crippen LogP contribution is -2.30. The lowest BCUT2D eigenvalue weighted by Gasteiger charge is -2.25. The molecule has 18 heavy (non-hydrogen) atoms. The minimum absolute atomic E-state index is 0.266. The van der Waals surface area contributed by atoms with Gasteiger partial charge in [-0.3, -0.25) is 4.68 Å². The molecule has 0 bridgehead atoms. The third kappa shape index (κ3) is 1.66. The molecular weight excluding hydrogens is 224 g/mol. The summed E-state index contributed by atoms with van der Waals surface area (Å²) in [4.78, 5) is 0. The molecule has 1 aliphatic carbocycles. The van der Waals surface area contributed by atoms with Crippen LogP contribution in [0.15, 0.2) is 36.5 Å². The summed E-state index contributed by atoms with van der Waals surface area (Å²) in [7, 11) is 0. The van der Waals surface area contributed by atoms with Gasteiger partial charge in [0.25, 0.3) is 0 Å². The first-order chi connectivity index (χ1) is 8.60. The van der Waals surface area contributed by atoms with E-state index < -0.39 is 5.60 Å². The van der Waals surface area contributed by atoms with Crippen LogP contribution in [0.2, 0.25) is 0 Å². The fourth-order valence-electron chi connectivity index (χ4n) is 2.87. The van der Waals surface area contributed by atoms with Crippen molar-refractivity contribution in [2.75, 3.05) is 0 Å². The fourth-order valence-corrected chi connectivity index (χ4v) is 2.87. The van der Waals surface area contributed by atoms with E-state index in [-0.39, 0.29) is 6.04 Å². The van der Waals surface area contributed by atoms with E-state index in [2.05, 4.69) is 31.1 Å². The van der Waals surface area contributed by atoms with E-state index in [1.54, 1.807) is 6.20 Å². The summed E-state index contributed by atoms with van der Waals surface area (Å²) in [5.74, 6) is 0. The molecule has 3 nitrogen and oxygen atoms in total. The van der Waals surface area contributed by atoms with Crippen molar-refractivity contribution in [2.24, 2.45) is 0 Å². The second-order valence-corrected chi connectivity index (χ2v) is 5.41. The van der Waals surface area contributed by atoms with Crippen LogP contribution >= 0.6 is 0 Å². The Hall–Kier alpha value is -1.61. The maximum atomic E-state index is 10.9. The highest BCUT2D eigenvalue weighted by Gasteiger charge is 2.39. The van der Waals surface area contributed by atoms with Gasteiger partial charge in [-0.1, -0.05) is 24.3 Å². The average Bonchev–Trinajstić information content (AvgIpc) is 2.91. The van der Waals surface area contributed by atoms with Crippen molar-refractivity contribution in [2.45, 2.75) is 38.3 Å². The maximum Gasteiger partial charge on any atom is 0.114 e. The van der Waals surface area contributed by atoms with Gasteiger partial charge in [0.05, 0.1) is 5.69 Å². The monoisotopic (exact) mass is 242 g/mol. The molecule has 0 saturated heterocycles. The Morgan fingerprint density at radius 2 is 1.78 bits per heavy atom. The highest BCUT2D eigenvalue weighted by molar-refractivity contribution is 5.38.